The van der Waals surface area contributed by atoms with Gasteiger partial charge in [0.15, 0.2) is 0 Å². The number of ether oxygens (including phenoxy) is 1. The van der Waals surface area contributed by atoms with Crippen LogP contribution in [0.15, 0.2) is 54.6 Å². The number of rotatable bonds is 6. The highest BCUT2D eigenvalue weighted by atomic mass is 35.5. The molecule has 0 aliphatic heterocycles. The van der Waals surface area contributed by atoms with Gasteiger partial charge in [-0.3, -0.25) is 9.59 Å². The minimum absolute atomic E-state index is 0.00305. The first-order valence-corrected chi connectivity index (χ1v) is 9.74. The number of carbonyl (C=O) groups excluding carboxylic acids is 2. The number of carbonyl (C=O) groups is 2. The fourth-order valence-electron chi connectivity index (χ4n) is 3.08. The van der Waals surface area contributed by atoms with E-state index in [4.69, 9.17) is 16.3 Å². The van der Waals surface area contributed by atoms with Crippen LogP contribution >= 0.6 is 11.6 Å². The fraction of sp³-hybridized carbons (Fsp3) is 0.130. The van der Waals surface area contributed by atoms with Crippen molar-refractivity contribution < 1.29 is 28.2 Å². The Morgan fingerprint density at radius 1 is 1.06 bits per heavy atom. The van der Waals surface area contributed by atoms with E-state index in [0.717, 1.165) is 12.1 Å². The van der Waals surface area contributed by atoms with Gasteiger partial charge in [0, 0.05) is 47.6 Å². The molecule has 0 aromatic heterocycles. The van der Waals surface area contributed by atoms with Crippen LogP contribution in [0.2, 0.25) is 5.02 Å². The number of nitrogens with zero attached hydrogens (tertiary/aromatic N) is 1. The van der Waals surface area contributed by atoms with Crippen LogP contribution in [-0.4, -0.2) is 36.0 Å². The number of methoxy groups -OCH3 is 1. The second-order valence-electron chi connectivity index (χ2n) is 6.96. The maximum absolute atomic E-state index is 13.3. The maximum atomic E-state index is 13.3. The summed E-state index contributed by atoms with van der Waals surface area (Å²) in [6.45, 7) is 0.172. The molecule has 0 spiro atoms. The van der Waals surface area contributed by atoms with Crippen LogP contribution in [-0.2, 0) is 6.54 Å². The second-order valence-corrected chi connectivity index (χ2v) is 7.40. The Labute approximate surface area is 188 Å². The number of hydrogen-bond donors (Lipinski definition) is 2. The summed E-state index contributed by atoms with van der Waals surface area (Å²) < 4.78 is 31.9. The first kappa shape index (κ1) is 23.0. The van der Waals surface area contributed by atoms with Gasteiger partial charge in [0.2, 0.25) is 0 Å². The molecule has 0 unspecified atom stereocenters. The van der Waals surface area contributed by atoms with Crippen LogP contribution in [0.1, 0.15) is 26.3 Å². The summed E-state index contributed by atoms with van der Waals surface area (Å²) in [6.07, 6.45) is 0. The maximum Gasteiger partial charge on any atom is 0.257 e. The van der Waals surface area contributed by atoms with Gasteiger partial charge in [0.1, 0.15) is 23.1 Å². The van der Waals surface area contributed by atoms with Gasteiger partial charge >= 0.3 is 0 Å². The summed E-state index contributed by atoms with van der Waals surface area (Å²) >= 11 is 6.02. The van der Waals surface area contributed by atoms with Gasteiger partial charge in [-0.15, -0.1) is 0 Å². The van der Waals surface area contributed by atoms with Crippen LogP contribution in [0.4, 0.5) is 14.5 Å². The predicted molar refractivity (Wildman–Crippen MR) is 116 cm³/mol. The molecule has 0 heterocycles. The first-order valence-electron chi connectivity index (χ1n) is 9.36. The van der Waals surface area contributed by atoms with Crippen molar-refractivity contribution >= 4 is 29.1 Å². The lowest BCUT2D eigenvalue weighted by molar-refractivity contribution is 0.0781. The Kier molecular flexibility index (Phi) is 6.95. The summed E-state index contributed by atoms with van der Waals surface area (Å²) in [5.41, 5.74) is 0.607. The Balaban J connectivity index is 1.75. The fourth-order valence-corrected chi connectivity index (χ4v) is 3.28. The molecule has 0 radical (unpaired) electrons. The zero-order valence-electron chi connectivity index (χ0n) is 17.2. The lowest BCUT2D eigenvalue weighted by Gasteiger charge is -2.20. The lowest BCUT2D eigenvalue weighted by Crippen LogP contribution is -2.26. The molecule has 6 nitrogen and oxygen atoms in total. The van der Waals surface area contributed by atoms with Crippen molar-refractivity contribution in [2.45, 2.75) is 6.54 Å². The van der Waals surface area contributed by atoms with Gasteiger partial charge in [-0.05, 0) is 42.5 Å². The number of phenols is 1. The zero-order chi connectivity index (χ0) is 23.4. The highest BCUT2D eigenvalue weighted by Crippen LogP contribution is 2.27. The van der Waals surface area contributed by atoms with Gasteiger partial charge in [-0.25, -0.2) is 8.78 Å². The van der Waals surface area contributed by atoms with Crippen LogP contribution in [0.3, 0.4) is 0 Å². The van der Waals surface area contributed by atoms with Crippen molar-refractivity contribution in [2.24, 2.45) is 0 Å². The molecule has 32 heavy (non-hydrogen) atoms. The van der Waals surface area contributed by atoms with Crippen LogP contribution in [0, 0.1) is 11.6 Å². The molecule has 0 saturated carbocycles. The molecule has 166 valence electrons. The highest BCUT2D eigenvalue weighted by molar-refractivity contribution is 6.30. The van der Waals surface area contributed by atoms with E-state index in [0.29, 0.717) is 22.4 Å². The Hall–Kier alpha value is -3.65. The second kappa shape index (κ2) is 9.65. The molecule has 0 fully saturated rings. The van der Waals surface area contributed by atoms with Crippen molar-refractivity contribution in [1.82, 2.24) is 4.90 Å². The number of benzene rings is 3. The van der Waals surface area contributed by atoms with Crippen molar-refractivity contribution in [3.63, 3.8) is 0 Å². The number of phenolic OH excluding ortho intramolecular Hbond substituents is 1. The number of amides is 2. The van der Waals surface area contributed by atoms with Gasteiger partial charge in [0.05, 0.1) is 12.7 Å². The predicted octanol–water partition coefficient (Wildman–Crippen LogP) is 4.86. The van der Waals surface area contributed by atoms with Crippen molar-refractivity contribution in [3.8, 4) is 11.5 Å². The number of hydrogen-bond acceptors (Lipinski definition) is 4. The molecule has 2 amide bonds. The largest absolute Gasteiger partial charge is 0.507 e. The number of nitrogens with one attached hydrogen (secondary N) is 1. The lowest BCUT2D eigenvalue weighted by atomic mass is 10.1. The van der Waals surface area contributed by atoms with E-state index in [1.807, 2.05) is 0 Å². The third-order valence-corrected chi connectivity index (χ3v) is 4.84. The van der Waals surface area contributed by atoms with Gasteiger partial charge in [0.25, 0.3) is 11.8 Å². The molecule has 3 aromatic carbocycles. The van der Waals surface area contributed by atoms with Gasteiger partial charge in [-0.2, -0.15) is 0 Å². The first-order chi connectivity index (χ1) is 15.2. The molecule has 0 saturated heterocycles. The molecule has 0 bridgehead atoms. The molecule has 3 rings (SSSR count). The number of anilines is 1. The van der Waals surface area contributed by atoms with E-state index in [1.54, 1.807) is 25.2 Å². The summed E-state index contributed by atoms with van der Waals surface area (Å²) in [7, 11) is 3.06. The van der Waals surface area contributed by atoms with Crippen molar-refractivity contribution in [1.29, 1.82) is 0 Å². The Morgan fingerprint density at radius 2 is 1.75 bits per heavy atom. The smallest absolute Gasteiger partial charge is 0.257 e. The average Bonchev–Trinajstić information content (AvgIpc) is 2.73. The zero-order valence-corrected chi connectivity index (χ0v) is 17.9. The normalized spacial score (nSPS) is 10.5. The molecular formula is C23H19ClF2N2O4. The summed E-state index contributed by atoms with van der Waals surface area (Å²) in [6, 6.07) is 11.4. The third-order valence-electron chi connectivity index (χ3n) is 4.61. The number of aromatic hydroxyl groups is 1. The molecule has 0 aliphatic carbocycles. The Morgan fingerprint density at radius 3 is 2.38 bits per heavy atom. The van der Waals surface area contributed by atoms with E-state index in [2.05, 4.69) is 5.32 Å². The quantitative estimate of drug-likeness (QED) is 0.551. The van der Waals surface area contributed by atoms with E-state index in [9.17, 15) is 23.5 Å². The monoisotopic (exact) mass is 460 g/mol. The van der Waals surface area contributed by atoms with E-state index >= 15 is 0 Å². The minimum atomic E-state index is -0.890. The summed E-state index contributed by atoms with van der Waals surface area (Å²) in [5, 5.41) is 13.2. The summed E-state index contributed by atoms with van der Waals surface area (Å²) in [5.74, 6) is -2.84. The SMILES string of the molecule is COc1ccc(Cl)cc1CN(C)C(=O)c1ccc(NC(=O)c2cc(F)cc(F)c2)cc1O. The standard InChI is InChI=1S/C23H19ClF2N2O4/c1-28(12-14-7-15(24)3-6-21(14)32-2)23(31)19-5-4-18(11-20(19)29)27-22(30)13-8-16(25)10-17(26)9-13/h3-11,29H,12H2,1-2H3,(H,27,30). The van der Waals surface area contributed by atoms with Crippen molar-refractivity contribution in [3.05, 3.63) is 87.9 Å². The average molecular weight is 461 g/mol. The van der Waals surface area contributed by atoms with E-state index < -0.39 is 23.4 Å². The number of halogens is 3. The summed E-state index contributed by atoms with van der Waals surface area (Å²) in [4.78, 5) is 26.4. The Bertz CT molecular complexity index is 1170. The van der Waals surface area contributed by atoms with Gasteiger partial charge in [-0.1, -0.05) is 11.6 Å². The molecule has 3 aromatic rings. The minimum Gasteiger partial charge on any atom is -0.507 e. The topological polar surface area (TPSA) is 78.9 Å². The van der Waals surface area contributed by atoms with Crippen LogP contribution in [0.5, 0.6) is 11.5 Å². The molecule has 9 heteroatoms. The van der Waals surface area contributed by atoms with E-state index in [1.165, 1.54) is 30.2 Å². The third kappa shape index (κ3) is 5.33. The highest BCUT2D eigenvalue weighted by Gasteiger charge is 2.19. The molecule has 2 N–H and O–H groups in total. The van der Waals surface area contributed by atoms with Crippen LogP contribution in [0.25, 0.3) is 0 Å². The van der Waals surface area contributed by atoms with E-state index in [-0.39, 0.29) is 29.1 Å². The van der Waals surface area contributed by atoms with Crippen LogP contribution < -0.4 is 10.1 Å². The molecule has 0 aliphatic rings. The van der Waals surface area contributed by atoms with Crippen molar-refractivity contribution in [2.75, 3.05) is 19.5 Å². The molecular weight excluding hydrogens is 442 g/mol. The molecule has 0 atom stereocenters. The van der Waals surface area contributed by atoms with Gasteiger partial charge < -0.3 is 20.1 Å².